The first-order chi connectivity index (χ1) is 16.7. The zero-order chi connectivity index (χ0) is 23.1. The Labute approximate surface area is 216 Å². The van der Waals surface area contributed by atoms with E-state index >= 15 is 0 Å². The molecular weight excluding hydrogens is 548 g/mol. The number of hydrogen-bond acceptors (Lipinski definition) is 0. The van der Waals surface area contributed by atoms with Crippen LogP contribution in [0.25, 0.3) is 43.6 Å². The molecule has 0 fully saturated rings. The van der Waals surface area contributed by atoms with Crippen LogP contribution in [0.4, 0.5) is 0 Å². The summed E-state index contributed by atoms with van der Waals surface area (Å²) in [6.45, 7) is 2.12. The van der Waals surface area contributed by atoms with E-state index in [9.17, 15) is 0 Å². The lowest BCUT2D eigenvalue weighted by molar-refractivity contribution is 0.559. The van der Waals surface area contributed by atoms with E-state index in [1.807, 2.05) is 0 Å². The Morgan fingerprint density at radius 3 is 1.35 bits per heavy atom. The van der Waals surface area contributed by atoms with Crippen LogP contribution < -0.4 is 0 Å². The Balaban J connectivity index is 1.16. The second kappa shape index (κ2) is 9.24. The molecule has 0 aliphatic carbocycles. The Morgan fingerprint density at radius 2 is 0.853 bits per heavy atom. The second-order valence-corrected chi connectivity index (χ2v) is 10.9. The molecular formula is C30H26Br2N2. The number of nitrogens with zero attached hydrogens (tertiary/aromatic N) is 2. The number of para-hydroxylation sites is 2. The van der Waals surface area contributed by atoms with Crippen molar-refractivity contribution < 1.29 is 0 Å². The molecule has 0 saturated carbocycles. The molecule has 2 nitrogen and oxygen atoms in total. The van der Waals surface area contributed by atoms with Crippen LogP contribution in [-0.4, -0.2) is 9.13 Å². The molecule has 4 heteroatoms. The van der Waals surface area contributed by atoms with Crippen LogP contribution in [0.5, 0.6) is 0 Å². The standard InChI is InChI=1S/C30H26Br2N2/c31-21-13-15-25-26-16-14-22(32)20-30(26)34(29(25)19-21)18-8-2-1-7-17-33-27-11-5-3-9-23(27)24-10-4-6-12-28(24)33/h3-6,9-16,19-20H,1-2,7-8,17-18H2. The minimum Gasteiger partial charge on any atom is -0.340 e. The molecule has 34 heavy (non-hydrogen) atoms. The fraction of sp³-hybridized carbons (Fsp3) is 0.200. The molecule has 2 aromatic heterocycles. The summed E-state index contributed by atoms with van der Waals surface area (Å²) >= 11 is 7.34. The van der Waals surface area contributed by atoms with Crippen molar-refractivity contribution in [3.8, 4) is 0 Å². The van der Waals surface area contributed by atoms with Gasteiger partial charge in [-0.1, -0.05) is 93.2 Å². The van der Waals surface area contributed by atoms with Crippen molar-refractivity contribution in [2.24, 2.45) is 0 Å². The summed E-state index contributed by atoms with van der Waals surface area (Å²) in [5.41, 5.74) is 5.33. The van der Waals surface area contributed by atoms with E-state index in [1.165, 1.54) is 69.3 Å². The summed E-state index contributed by atoms with van der Waals surface area (Å²) in [5, 5.41) is 5.39. The average molecular weight is 574 g/mol. The molecule has 0 N–H and O–H groups in total. The van der Waals surface area contributed by atoms with Crippen LogP contribution in [0.3, 0.4) is 0 Å². The number of benzene rings is 4. The lowest BCUT2D eigenvalue weighted by Crippen LogP contribution is -2.00. The highest BCUT2D eigenvalue weighted by Crippen LogP contribution is 2.33. The van der Waals surface area contributed by atoms with E-state index in [-0.39, 0.29) is 0 Å². The van der Waals surface area contributed by atoms with Crippen LogP contribution in [0.2, 0.25) is 0 Å². The molecule has 0 aliphatic rings. The Kier molecular flexibility index (Phi) is 5.96. The third kappa shape index (κ3) is 3.87. The minimum absolute atomic E-state index is 1.04. The lowest BCUT2D eigenvalue weighted by atomic mass is 10.2. The molecule has 0 radical (unpaired) electrons. The first-order valence-corrected chi connectivity index (χ1v) is 13.6. The Bertz CT molecular complexity index is 1530. The molecule has 0 saturated heterocycles. The number of aromatic nitrogens is 2. The molecule has 0 spiro atoms. The minimum atomic E-state index is 1.04. The van der Waals surface area contributed by atoms with Crippen molar-refractivity contribution in [1.29, 1.82) is 0 Å². The molecule has 170 valence electrons. The second-order valence-electron chi connectivity index (χ2n) is 9.07. The SMILES string of the molecule is Brc1ccc2c3ccc(Br)cc3n(CCCCCCn3c4ccccc4c4ccccc43)c2c1. The quantitative estimate of drug-likeness (QED) is 0.168. The maximum absolute atomic E-state index is 3.67. The van der Waals surface area contributed by atoms with Gasteiger partial charge in [0.15, 0.2) is 0 Å². The van der Waals surface area contributed by atoms with Crippen LogP contribution in [0.15, 0.2) is 93.9 Å². The van der Waals surface area contributed by atoms with Crippen molar-refractivity contribution in [3.05, 3.63) is 93.9 Å². The molecule has 6 aromatic rings. The van der Waals surface area contributed by atoms with Crippen LogP contribution >= 0.6 is 31.9 Å². The molecule has 2 heterocycles. The van der Waals surface area contributed by atoms with E-state index in [0.29, 0.717) is 0 Å². The summed E-state index contributed by atoms with van der Waals surface area (Å²) in [6.07, 6.45) is 4.86. The molecule has 6 rings (SSSR count). The summed E-state index contributed by atoms with van der Waals surface area (Å²) in [4.78, 5) is 0. The van der Waals surface area contributed by atoms with Gasteiger partial charge >= 0.3 is 0 Å². The first-order valence-electron chi connectivity index (χ1n) is 12.0. The van der Waals surface area contributed by atoms with Crippen LogP contribution in [0.1, 0.15) is 25.7 Å². The fourth-order valence-corrected chi connectivity index (χ4v) is 6.12. The molecule has 4 aromatic carbocycles. The normalized spacial score (nSPS) is 11.9. The number of fused-ring (bicyclic) bond motifs is 6. The molecule has 0 bridgehead atoms. The highest BCUT2D eigenvalue weighted by Gasteiger charge is 2.12. The van der Waals surface area contributed by atoms with Gasteiger partial charge in [0.25, 0.3) is 0 Å². The number of unbranched alkanes of at least 4 members (excludes halogenated alkanes) is 3. The van der Waals surface area contributed by atoms with E-state index in [0.717, 1.165) is 22.0 Å². The van der Waals surface area contributed by atoms with Gasteiger partial charge < -0.3 is 9.13 Å². The molecule has 0 atom stereocenters. The maximum atomic E-state index is 3.67. The smallest absolute Gasteiger partial charge is 0.0502 e. The molecule has 0 unspecified atom stereocenters. The summed E-state index contributed by atoms with van der Waals surface area (Å²) in [7, 11) is 0. The monoisotopic (exact) mass is 572 g/mol. The lowest BCUT2D eigenvalue weighted by Gasteiger charge is -2.10. The average Bonchev–Trinajstić information content (AvgIpc) is 3.33. The number of halogens is 2. The largest absolute Gasteiger partial charge is 0.340 e. The topological polar surface area (TPSA) is 9.86 Å². The first kappa shape index (κ1) is 21.9. The van der Waals surface area contributed by atoms with Gasteiger partial charge in [0.1, 0.15) is 0 Å². The van der Waals surface area contributed by atoms with E-state index in [4.69, 9.17) is 0 Å². The predicted molar refractivity (Wildman–Crippen MR) is 153 cm³/mol. The van der Waals surface area contributed by atoms with Gasteiger partial charge in [-0.15, -0.1) is 0 Å². The summed E-state index contributed by atoms with van der Waals surface area (Å²) < 4.78 is 7.27. The van der Waals surface area contributed by atoms with E-state index < -0.39 is 0 Å². The fourth-order valence-electron chi connectivity index (χ4n) is 5.42. The third-order valence-electron chi connectivity index (χ3n) is 6.98. The Morgan fingerprint density at radius 1 is 0.441 bits per heavy atom. The van der Waals surface area contributed by atoms with Gasteiger partial charge in [-0.2, -0.15) is 0 Å². The van der Waals surface area contributed by atoms with Gasteiger partial charge in [0, 0.05) is 54.6 Å². The zero-order valence-corrected chi connectivity index (χ0v) is 22.1. The van der Waals surface area contributed by atoms with Crippen molar-refractivity contribution in [3.63, 3.8) is 0 Å². The van der Waals surface area contributed by atoms with Crippen LogP contribution in [0, 0.1) is 0 Å². The predicted octanol–water partition coefficient (Wildman–Crippen LogP) is 9.69. The van der Waals surface area contributed by atoms with Crippen molar-refractivity contribution in [1.82, 2.24) is 9.13 Å². The van der Waals surface area contributed by atoms with Crippen molar-refractivity contribution >= 4 is 75.5 Å². The van der Waals surface area contributed by atoms with Gasteiger partial charge in [-0.25, -0.2) is 0 Å². The number of rotatable bonds is 7. The molecule has 0 aliphatic heterocycles. The maximum Gasteiger partial charge on any atom is 0.0502 e. The highest BCUT2D eigenvalue weighted by molar-refractivity contribution is 9.10. The van der Waals surface area contributed by atoms with E-state index in [1.54, 1.807) is 0 Å². The van der Waals surface area contributed by atoms with Crippen LogP contribution in [-0.2, 0) is 13.1 Å². The number of aryl methyl sites for hydroxylation is 2. The third-order valence-corrected chi connectivity index (χ3v) is 7.97. The Hall–Kier alpha value is -2.56. The van der Waals surface area contributed by atoms with Gasteiger partial charge in [-0.05, 0) is 49.2 Å². The van der Waals surface area contributed by atoms with E-state index in [2.05, 4.69) is 126 Å². The summed E-state index contributed by atoms with van der Waals surface area (Å²) in [6, 6.07) is 30.9. The molecule has 0 amide bonds. The van der Waals surface area contributed by atoms with Gasteiger partial charge in [-0.3, -0.25) is 0 Å². The van der Waals surface area contributed by atoms with Gasteiger partial charge in [0.05, 0.1) is 11.0 Å². The van der Waals surface area contributed by atoms with Gasteiger partial charge in [0.2, 0.25) is 0 Å². The number of hydrogen-bond donors (Lipinski definition) is 0. The highest BCUT2D eigenvalue weighted by atomic mass is 79.9. The van der Waals surface area contributed by atoms with Crippen molar-refractivity contribution in [2.45, 2.75) is 38.8 Å². The zero-order valence-electron chi connectivity index (χ0n) is 19.0. The summed E-state index contributed by atoms with van der Waals surface area (Å²) in [5.74, 6) is 0. The van der Waals surface area contributed by atoms with Crippen molar-refractivity contribution in [2.75, 3.05) is 0 Å².